The molecular formula is C21H24F3NO2. The van der Waals surface area contributed by atoms with E-state index in [1.54, 1.807) is 31.2 Å². The fourth-order valence-electron chi connectivity index (χ4n) is 2.81. The predicted octanol–water partition coefficient (Wildman–Crippen LogP) is 5.21. The van der Waals surface area contributed by atoms with Crippen molar-refractivity contribution < 1.29 is 22.7 Å². The molecule has 0 aliphatic carbocycles. The lowest BCUT2D eigenvalue weighted by atomic mass is 9.88. The van der Waals surface area contributed by atoms with Crippen molar-refractivity contribution in [1.82, 2.24) is 0 Å². The van der Waals surface area contributed by atoms with Gasteiger partial charge in [0.15, 0.2) is 0 Å². The van der Waals surface area contributed by atoms with Gasteiger partial charge < -0.3 is 10.5 Å². The molecule has 2 N–H and O–H groups in total. The minimum atomic E-state index is -4.17. The number of anilines is 1. The fraction of sp³-hybridized carbons (Fsp3) is 0.381. The molecule has 0 amide bonds. The molecule has 2 aromatic rings. The largest absolute Gasteiger partial charge is 0.494 e. The number of carbonyl (C=O) groups is 1. The van der Waals surface area contributed by atoms with E-state index in [0.717, 1.165) is 16.7 Å². The first kappa shape index (κ1) is 20.8. The maximum atomic E-state index is 12.1. The van der Waals surface area contributed by atoms with Gasteiger partial charge in [-0.2, -0.15) is 13.2 Å². The van der Waals surface area contributed by atoms with E-state index >= 15 is 0 Å². The fourth-order valence-corrected chi connectivity index (χ4v) is 2.81. The molecule has 0 bridgehead atoms. The molecule has 146 valence electrons. The number of benzene rings is 2. The first-order valence-corrected chi connectivity index (χ1v) is 8.80. The van der Waals surface area contributed by atoms with Crippen molar-refractivity contribution in [2.24, 2.45) is 0 Å². The van der Waals surface area contributed by atoms with Gasteiger partial charge in [0, 0.05) is 18.0 Å². The van der Waals surface area contributed by atoms with Crippen LogP contribution in [0, 0.1) is 6.92 Å². The van der Waals surface area contributed by atoms with Crippen LogP contribution in [-0.2, 0) is 11.2 Å². The van der Waals surface area contributed by atoms with E-state index in [-0.39, 0.29) is 24.7 Å². The number of hydrogen-bond donors (Lipinski definition) is 1. The molecule has 0 fully saturated rings. The molecule has 0 heterocycles. The van der Waals surface area contributed by atoms with E-state index in [4.69, 9.17) is 10.5 Å². The van der Waals surface area contributed by atoms with Crippen LogP contribution in [0.4, 0.5) is 18.9 Å². The summed E-state index contributed by atoms with van der Waals surface area (Å²) < 4.78 is 41.7. The average Bonchev–Trinajstić information content (AvgIpc) is 2.59. The third-order valence-corrected chi connectivity index (χ3v) is 4.43. The summed E-state index contributed by atoms with van der Waals surface area (Å²) in [5.41, 5.74) is 9.44. The van der Waals surface area contributed by atoms with Crippen LogP contribution < -0.4 is 10.5 Å². The summed E-state index contributed by atoms with van der Waals surface area (Å²) in [6.45, 7) is 3.47. The van der Waals surface area contributed by atoms with Crippen molar-refractivity contribution >= 4 is 11.5 Å². The third kappa shape index (κ3) is 6.62. The Hall–Kier alpha value is -2.50. The second-order valence-electron chi connectivity index (χ2n) is 6.69. The molecule has 0 radical (unpaired) electrons. The third-order valence-electron chi connectivity index (χ3n) is 4.43. The van der Waals surface area contributed by atoms with Gasteiger partial charge >= 0.3 is 6.18 Å². The Labute approximate surface area is 157 Å². The predicted molar refractivity (Wildman–Crippen MR) is 99.9 cm³/mol. The molecule has 0 saturated carbocycles. The summed E-state index contributed by atoms with van der Waals surface area (Å²) in [7, 11) is 0. The molecule has 0 aliphatic heterocycles. The number of carbonyl (C=O) groups excluding carboxylic acids is 1. The Kier molecular flexibility index (Phi) is 6.88. The van der Waals surface area contributed by atoms with Crippen LogP contribution in [0.5, 0.6) is 5.75 Å². The van der Waals surface area contributed by atoms with Crippen LogP contribution in [0.2, 0.25) is 0 Å². The van der Waals surface area contributed by atoms with Gasteiger partial charge in [-0.1, -0.05) is 24.3 Å². The quantitative estimate of drug-likeness (QED) is 0.506. The number of hydrogen-bond acceptors (Lipinski definition) is 3. The number of ether oxygens (including phenoxy) is 1. The molecule has 0 aromatic heterocycles. The summed E-state index contributed by atoms with van der Waals surface area (Å²) >= 11 is 0. The molecule has 0 spiro atoms. The average molecular weight is 379 g/mol. The molecule has 2 aromatic carbocycles. The van der Waals surface area contributed by atoms with E-state index in [1.807, 2.05) is 25.1 Å². The van der Waals surface area contributed by atoms with Crippen LogP contribution >= 0.6 is 0 Å². The number of ketones is 1. The highest BCUT2D eigenvalue weighted by Gasteiger charge is 2.26. The molecule has 3 nitrogen and oxygen atoms in total. The van der Waals surface area contributed by atoms with E-state index in [9.17, 15) is 18.0 Å². The summed E-state index contributed by atoms with van der Waals surface area (Å²) in [4.78, 5) is 12.1. The normalized spacial score (nSPS) is 12.6. The number of Topliss-reactive ketones (excluding diaryl/α,β-unsaturated/α-hetero) is 1. The maximum absolute atomic E-state index is 12.1. The Morgan fingerprint density at radius 2 is 1.81 bits per heavy atom. The lowest BCUT2D eigenvalue weighted by Gasteiger charge is -2.16. The number of aryl methyl sites for hydroxylation is 1. The Balaban J connectivity index is 2.01. The highest BCUT2D eigenvalue weighted by Crippen LogP contribution is 2.26. The van der Waals surface area contributed by atoms with Gasteiger partial charge in [-0.3, -0.25) is 4.79 Å². The minimum absolute atomic E-state index is 0.00234. The Morgan fingerprint density at radius 3 is 2.37 bits per heavy atom. The molecule has 1 unspecified atom stereocenters. The smallest absolute Gasteiger partial charge is 0.389 e. The molecule has 2 rings (SSSR count). The van der Waals surface area contributed by atoms with Crippen LogP contribution in [0.15, 0.2) is 42.5 Å². The zero-order valence-corrected chi connectivity index (χ0v) is 15.5. The molecule has 6 heteroatoms. The summed E-state index contributed by atoms with van der Waals surface area (Å²) in [6, 6.07) is 12.7. The highest BCUT2D eigenvalue weighted by atomic mass is 19.4. The topological polar surface area (TPSA) is 52.3 Å². The minimum Gasteiger partial charge on any atom is -0.494 e. The van der Waals surface area contributed by atoms with Crippen LogP contribution in [-0.4, -0.2) is 18.6 Å². The summed E-state index contributed by atoms with van der Waals surface area (Å²) in [6.07, 6.45) is -4.58. The SMILES string of the molecule is CC(=O)C(Cc1ccc(C)c(N)c1)c1ccc(OCCCC(F)(F)F)cc1. The van der Waals surface area contributed by atoms with Crippen LogP contribution in [0.25, 0.3) is 0 Å². The van der Waals surface area contributed by atoms with Gasteiger partial charge in [-0.05, 0) is 61.6 Å². The first-order chi connectivity index (χ1) is 12.7. The standard InChI is InChI=1S/C21H24F3NO2/c1-14-4-5-16(13-20(14)25)12-19(15(2)26)17-6-8-18(9-7-17)27-11-3-10-21(22,23)24/h4-9,13,19H,3,10-12,25H2,1-2H3. The summed E-state index contributed by atoms with van der Waals surface area (Å²) in [5, 5.41) is 0. The summed E-state index contributed by atoms with van der Waals surface area (Å²) in [5.74, 6) is 0.210. The van der Waals surface area contributed by atoms with E-state index in [0.29, 0.717) is 17.9 Å². The molecule has 0 saturated heterocycles. The van der Waals surface area contributed by atoms with Crippen molar-refractivity contribution in [3.63, 3.8) is 0 Å². The van der Waals surface area contributed by atoms with Crippen molar-refractivity contribution in [3.05, 3.63) is 59.2 Å². The molecule has 1 atom stereocenters. The van der Waals surface area contributed by atoms with Gasteiger partial charge in [-0.25, -0.2) is 0 Å². The van der Waals surface area contributed by atoms with E-state index in [2.05, 4.69) is 0 Å². The van der Waals surface area contributed by atoms with Crippen molar-refractivity contribution in [2.75, 3.05) is 12.3 Å². The van der Waals surface area contributed by atoms with E-state index in [1.165, 1.54) is 0 Å². The lowest BCUT2D eigenvalue weighted by molar-refractivity contribution is -0.136. The monoisotopic (exact) mass is 379 g/mol. The molecule has 27 heavy (non-hydrogen) atoms. The van der Waals surface area contributed by atoms with Crippen LogP contribution in [0.3, 0.4) is 0 Å². The second-order valence-corrected chi connectivity index (χ2v) is 6.69. The number of alkyl halides is 3. The zero-order chi connectivity index (χ0) is 20.0. The molecular weight excluding hydrogens is 355 g/mol. The second kappa shape index (κ2) is 8.93. The van der Waals surface area contributed by atoms with Gasteiger partial charge in [-0.15, -0.1) is 0 Å². The first-order valence-electron chi connectivity index (χ1n) is 8.80. The van der Waals surface area contributed by atoms with Crippen LogP contribution in [0.1, 0.15) is 42.4 Å². The van der Waals surface area contributed by atoms with Gasteiger partial charge in [0.2, 0.25) is 0 Å². The Bertz CT molecular complexity index is 770. The van der Waals surface area contributed by atoms with E-state index < -0.39 is 12.6 Å². The number of halogens is 3. The van der Waals surface area contributed by atoms with Gasteiger partial charge in [0.05, 0.1) is 6.61 Å². The van der Waals surface area contributed by atoms with Crippen molar-refractivity contribution in [3.8, 4) is 5.75 Å². The van der Waals surface area contributed by atoms with Crippen molar-refractivity contribution in [1.29, 1.82) is 0 Å². The zero-order valence-electron chi connectivity index (χ0n) is 15.5. The maximum Gasteiger partial charge on any atom is 0.389 e. The Morgan fingerprint density at radius 1 is 1.15 bits per heavy atom. The number of nitrogens with two attached hydrogens (primary N) is 1. The number of rotatable bonds is 8. The lowest BCUT2D eigenvalue weighted by Crippen LogP contribution is -2.12. The number of nitrogen functional groups attached to an aromatic ring is 1. The van der Waals surface area contributed by atoms with Gasteiger partial charge in [0.1, 0.15) is 11.5 Å². The molecule has 0 aliphatic rings. The van der Waals surface area contributed by atoms with Gasteiger partial charge in [0.25, 0.3) is 0 Å². The van der Waals surface area contributed by atoms with Crippen molar-refractivity contribution in [2.45, 2.75) is 45.2 Å². The highest BCUT2D eigenvalue weighted by molar-refractivity contribution is 5.83.